The van der Waals surface area contributed by atoms with Crippen LogP contribution in [0.4, 0.5) is 0 Å². The molecule has 0 radical (unpaired) electrons. The molecule has 0 bridgehead atoms. The van der Waals surface area contributed by atoms with E-state index in [1.165, 1.54) is 0 Å². The molecular formula is C7H15INOS-. The van der Waals surface area contributed by atoms with E-state index in [4.69, 9.17) is 0 Å². The molecule has 1 aliphatic heterocycles. The SMILES string of the molecule is C[I-]N1CCS(=O)CC1(C)C. The van der Waals surface area contributed by atoms with Gasteiger partial charge in [0, 0.05) is 0 Å². The third-order valence-corrected chi connectivity index (χ3v) is 6.51. The van der Waals surface area contributed by atoms with Gasteiger partial charge in [0.05, 0.1) is 0 Å². The second kappa shape index (κ2) is 3.70. The Hall–Kier alpha value is 0.840. The Kier molecular flexibility index (Phi) is 3.34. The average molecular weight is 288 g/mol. The van der Waals surface area contributed by atoms with E-state index in [9.17, 15) is 4.21 Å². The molecule has 0 aromatic rings. The van der Waals surface area contributed by atoms with Crippen LogP contribution in [0.3, 0.4) is 0 Å². The molecule has 0 spiro atoms. The number of halogens is 1. The molecule has 1 unspecified atom stereocenters. The summed E-state index contributed by atoms with van der Waals surface area (Å²) >= 11 is 0.176. The third-order valence-electron chi connectivity index (χ3n) is 1.89. The summed E-state index contributed by atoms with van der Waals surface area (Å²) in [5.74, 6) is 1.75. The molecule has 68 valence electrons. The normalized spacial score (nSPS) is 32.5. The first-order valence-electron chi connectivity index (χ1n) is 3.68. The Morgan fingerprint density at radius 3 is 2.64 bits per heavy atom. The van der Waals surface area contributed by atoms with Gasteiger partial charge in [0.1, 0.15) is 0 Å². The van der Waals surface area contributed by atoms with Crippen LogP contribution in [-0.2, 0) is 10.8 Å². The van der Waals surface area contributed by atoms with Gasteiger partial charge >= 0.3 is 82.0 Å². The van der Waals surface area contributed by atoms with Crippen LogP contribution in [0.15, 0.2) is 0 Å². The van der Waals surface area contributed by atoms with E-state index in [0.717, 1.165) is 18.1 Å². The van der Waals surface area contributed by atoms with Gasteiger partial charge in [-0.15, -0.1) is 0 Å². The first-order valence-corrected chi connectivity index (χ1v) is 8.29. The summed E-state index contributed by atoms with van der Waals surface area (Å²) in [6.45, 7) is 5.45. The van der Waals surface area contributed by atoms with Gasteiger partial charge in [-0.05, 0) is 0 Å². The van der Waals surface area contributed by atoms with Gasteiger partial charge in [0.2, 0.25) is 0 Å². The van der Waals surface area contributed by atoms with Crippen LogP contribution < -0.4 is 21.5 Å². The van der Waals surface area contributed by atoms with Crippen LogP contribution in [0.5, 0.6) is 0 Å². The number of hydrogen-bond acceptors (Lipinski definition) is 2. The number of alkyl halides is 1. The van der Waals surface area contributed by atoms with E-state index in [1.54, 1.807) is 0 Å². The van der Waals surface area contributed by atoms with Crippen molar-refractivity contribution in [2.45, 2.75) is 19.4 Å². The molecule has 4 heteroatoms. The van der Waals surface area contributed by atoms with Gasteiger partial charge in [-0.3, -0.25) is 0 Å². The van der Waals surface area contributed by atoms with E-state index in [-0.39, 0.29) is 27.0 Å². The Labute approximate surface area is 81.8 Å². The summed E-state index contributed by atoms with van der Waals surface area (Å²) < 4.78 is 13.7. The quantitative estimate of drug-likeness (QED) is 0.301. The van der Waals surface area contributed by atoms with E-state index in [0.29, 0.717) is 0 Å². The zero-order valence-electron chi connectivity index (χ0n) is 7.26. The minimum atomic E-state index is -0.556. The third kappa shape index (κ3) is 2.39. The number of nitrogens with zero attached hydrogens (tertiary/aromatic N) is 1. The van der Waals surface area contributed by atoms with Crippen LogP contribution in [-0.4, -0.2) is 35.8 Å². The van der Waals surface area contributed by atoms with Crippen molar-refractivity contribution in [2.24, 2.45) is 0 Å². The summed E-state index contributed by atoms with van der Waals surface area (Å²) in [4.78, 5) is 2.27. The van der Waals surface area contributed by atoms with Crippen molar-refractivity contribution in [1.29, 1.82) is 0 Å². The van der Waals surface area contributed by atoms with Gasteiger partial charge in [-0.25, -0.2) is 0 Å². The fourth-order valence-corrected chi connectivity index (χ4v) is 5.57. The first-order chi connectivity index (χ1) is 5.06. The topological polar surface area (TPSA) is 20.3 Å². The van der Waals surface area contributed by atoms with Crippen LogP contribution in [0, 0.1) is 0 Å². The van der Waals surface area contributed by atoms with Crippen LogP contribution in [0.1, 0.15) is 13.8 Å². The Balaban J connectivity index is 2.63. The molecule has 2 nitrogen and oxygen atoms in total. The zero-order valence-corrected chi connectivity index (χ0v) is 10.2. The Morgan fingerprint density at radius 2 is 2.18 bits per heavy atom. The predicted octanol–water partition coefficient (Wildman–Crippen LogP) is -2.54. The van der Waals surface area contributed by atoms with Crippen molar-refractivity contribution in [3.8, 4) is 0 Å². The van der Waals surface area contributed by atoms with Crippen LogP contribution in [0.2, 0.25) is 0 Å². The van der Waals surface area contributed by atoms with Crippen molar-refractivity contribution in [3.05, 3.63) is 0 Å². The van der Waals surface area contributed by atoms with E-state index >= 15 is 0 Å². The molecular weight excluding hydrogens is 273 g/mol. The molecule has 1 aliphatic rings. The van der Waals surface area contributed by atoms with Gasteiger partial charge in [-0.2, -0.15) is 0 Å². The molecule has 0 N–H and O–H groups in total. The van der Waals surface area contributed by atoms with Crippen LogP contribution >= 0.6 is 0 Å². The first kappa shape index (κ1) is 9.92. The summed E-state index contributed by atoms with van der Waals surface area (Å²) in [6.07, 6.45) is 0. The fraction of sp³-hybridized carbons (Fsp3) is 1.00. The molecule has 1 atom stereocenters. The maximum absolute atomic E-state index is 11.2. The summed E-state index contributed by atoms with van der Waals surface area (Å²) in [5, 5.41) is 0. The monoisotopic (exact) mass is 288 g/mol. The standard InChI is InChI=1S/C7H15INOS/c1-7(2)6-11(10)5-4-9(7)8-3/h4-6H2,1-3H3/q-1. The molecule has 0 aromatic heterocycles. The van der Waals surface area contributed by atoms with Gasteiger partial charge in [0.15, 0.2) is 0 Å². The number of hydrogen-bond donors (Lipinski definition) is 0. The van der Waals surface area contributed by atoms with Crippen molar-refractivity contribution in [1.82, 2.24) is 3.11 Å². The molecule has 0 aromatic carbocycles. The van der Waals surface area contributed by atoms with Crippen molar-refractivity contribution < 1.29 is 25.7 Å². The molecule has 0 saturated carbocycles. The van der Waals surface area contributed by atoms with Gasteiger partial charge < -0.3 is 0 Å². The molecule has 0 amide bonds. The second-order valence-electron chi connectivity index (χ2n) is 3.36. The second-order valence-corrected chi connectivity index (χ2v) is 7.06. The summed E-state index contributed by atoms with van der Waals surface area (Å²) in [5.41, 5.74) is 0.200. The Bertz CT molecular complexity index is 172. The van der Waals surface area contributed by atoms with Crippen molar-refractivity contribution >= 4 is 10.8 Å². The molecule has 11 heavy (non-hydrogen) atoms. The van der Waals surface area contributed by atoms with E-state index < -0.39 is 10.8 Å². The van der Waals surface area contributed by atoms with Gasteiger partial charge in [-0.1, -0.05) is 0 Å². The molecule has 1 saturated heterocycles. The number of rotatable bonds is 1. The van der Waals surface area contributed by atoms with E-state index in [1.807, 2.05) is 0 Å². The predicted molar refractivity (Wildman–Crippen MR) is 44.6 cm³/mol. The summed E-state index contributed by atoms with van der Waals surface area (Å²) in [7, 11) is -0.556. The molecule has 0 aliphatic carbocycles. The average Bonchev–Trinajstić information content (AvgIpc) is 1.85. The Morgan fingerprint density at radius 1 is 1.55 bits per heavy atom. The van der Waals surface area contributed by atoms with Crippen LogP contribution in [0.25, 0.3) is 0 Å². The van der Waals surface area contributed by atoms with Gasteiger partial charge in [0.25, 0.3) is 0 Å². The fourth-order valence-electron chi connectivity index (χ4n) is 1.33. The minimum absolute atomic E-state index is 0.176. The molecule has 1 fully saturated rings. The maximum atomic E-state index is 11.2. The summed E-state index contributed by atoms with van der Waals surface area (Å²) in [6, 6.07) is 0. The van der Waals surface area contributed by atoms with Crippen molar-refractivity contribution in [3.63, 3.8) is 0 Å². The zero-order chi connectivity index (χ0) is 8.48. The van der Waals surface area contributed by atoms with E-state index in [2.05, 4.69) is 21.9 Å². The molecule has 1 heterocycles. The molecule has 1 rings (SSSR count). The van der Waals surface area contributed by atoms with Crippen molar-refractivity contribution in [2.75, 3.05) is 23.0 Å².